The number of amides is 2. The molecule has 0 spiro atoms. The van der Waals surface area contributed by atoms with E-state index in [1.54, 1.807) is 18.5 Å². The largest absolute Gasteiger partial charge is 0.354 e. The van der Waals surface area contributed by atoms with Crippen LogP contribution in [0.3, 0.4) is 0 Å². The third kappa shape index (κ3) is 3.83. The summed E-state index contributed by atoms with van der Waals surface area (Å²) in [5.74, 6) is 0.486. The van der Waals surface area contributed by atoms with Crippen molar-refractivity contribution in [3.8, 4) is 0 Å². The summed E-state index contributed by atoms with van der Waals surface area (Å²) < 4.78 is 0. The van der Waals surface area contributed by atoms with Gasteiger partial charge in [-0.25, -0.2) is 9.97 Å². The van der Waals surface area contributed by atoms with E-state index in [9.17, 15) is 9.59 Å². The number of nitrogens with one attached hydrogen (secondary N) is 2. The fourth-order valence-electron chi connectivity index (χ4n) is 3.99. The van der Waals surface area contributed by atoms with Gasteiger partial charge in [-0.15, -0.1) is 0 Å². The highest BCUT2D eigenvalue weighted by Gasteiger charge is 2.50. The fourth-order valence-corrected chi connectivity index (χ4v) is 3.99. The van der Waals surface area contributed by atoms with Crippen LogP contribution in [0.15, 0.2) is 48.8 Å². The van der Waals surface area contributed by atoms with Crippen LogP contribution < -0.4 is 15.5 Å². The lowest BCUT2D eigenvalue weighted by Gasteiger charge is -2.49. The minimum Gasteiger partial charge on any atom is -0.354 e. The normalized spacial score (nSPS) is 21.2. The van der Waals surface area contributed by atoms with Gasteiger partial charge < -0.3 is 15.5 Å². The van der Waals surface area contributed by atoms with E-state index in [4.69, 9.17) is 0 Å². The number of nitrogens with zero attached hydrogens (tertiary/aromatic N) is 3. The van der Waals surface area contributed by atoms with Crippen molar-refractivity contribution in [1.82, 2.24) is 20.6 Å². The summed E-state index contributed by atoms with van der Waals surface area (Å²) in [5.41, 5.74) is 0.518. The van der Waals surface area contributed by atoms with Gasteiger partial charge in [-0.05, 0) is 37.3 Å². The summed E-state index contributed by atoms with van der Waals surface area (Å²) in [5, 5.41) is 5.91. The minimum atomic E-state index is -0.590. The number of hydrogen-bond donors (Lipinski definition) is 2. The molecule has 7 heteroatoms. The van der Waals surface area contributed by atoms with Crippen LogP contribution in [-0.2, 0) is 16.0 Å². The van der Waals surface area contributed by atoms with Gasteiger partial charge in [0.25, 0.3) is 0 Å². The van der Waals surface area contributed by atoms with E-state index in [0.717, 1.165) is 18.4 Å². The van der Waals surface area contributed by atoms with Crippen LogP contribution in [-0.4, -0.2) is 47.5 Å². The molecule has 0 aliphatic carbocycles. The van der Waals surface area contributed by atoms with E-state index < -0.39 is 11.5 Å². The van der Waals surface area contributed by atoms with Crippen LogP contribution in [0.25, 0.3) is 0 Å². The van der Waals surface area contributed by atoms with Gasteiger partial charge in [0.05, 0.1) is 5.41 Å². The van der Waals surface area contributed by atoms with Gasteiger partial charge in [-0.2, -0.15) is 0 Å². The predicted molar refractivity (Wildman–Crippen MR) is 106 cm³/mol. The molecule has 2 amide bonds. The van der Waals surface area contributed by atoms with Crippen molar-refractivity contribution < 1.29 is 9.59 Å². The Hall–Kier alpha value is -2.96. The van der Waals surface area contributed by atoms with Gasteiger partial charge in [0.15, 0.2) is 0 Å². The molecule has 2 aliphatic rings. The standard InChI is InChI=1S/C21H25N5O2/c27-18-17(9-4-5-10-22-18)25-19(28)21(13-16-7-2-1-3-8-16)14-26(15-21)20-23-11-6-12-24-20/h1-3,6-8,11-12,17H,4-5,9-10,13-15H2,(H,22,27)(H,25,28). The Balaban J connectivity index is 1.51. The first-order chi connectivity index (χ1) is 13.7. The van der Waals surface area contributed by atoms with Gasteiger partial charge in [0, 0.05) is 32.0 Å². The maximum atomic E-state index is 13.3. The second-order valence-corrected chi connectivity index (χ2v) is 7.66. The number of carbonyl (C=O) groups excluding carboxylic acids is 2. The summed E-state index contributed by atoms with van der Waals surface area (Å²) in [4.78, 5) is 36.2. The Morgan fingerprint density at radius 2 is 1.89 bits per heavy atom. The van der Waals surface area contributed by atoms with Gasteiger partial charge >= 0.3 is 0 Å². The maximum Gasteiger partial charge on any atom is 0.242 e. The van der Waals surface area contributed by atoms with Crippen molar-refractivity contribution in [3.63, 3.8) is 0 Å². The molecule has 0 bridgehead atoms. The number of anilines is 1. The second kappa shape index (κ2) is 7.96. The van der Waals surface area contributed by atoms with Crippen LogP contribution in [0.2, 0.25) is 0 Å². The monoisotopic (exact) mass is 379 g/mol. The van der Waals surface area contributed by atoms with Crippen LogP contribution >= 0.6 is 0 Å². The minimum absolute atomic E-state index is 0.0643. The molecule has 2 fully saturated rings. The molecule has 3 heterocycles. The molecular weight excluding hydrogens is 354 g/mol. The van der Waals surface area contributed by atoms with Crippen LogP contribution in [0.1, 0.15) is 24.8 Å². The third-order valence-corrected chi connectivity index (χ3v) is 5.53. The lowest BCUT2D eigenvalue weighted by atomic mass is 9.73. The lowest BCUT2D eigenvalue weighted by molar-refractivity contribution is -0.136. The van der Waals surface area contributed by atoms with E-state index in [-0.39, 0.29) is 11.8 Å². The molecule has 4 rings (SSSR count). The number of rotatable bonds is 5. The summed E-state index contributed by atoms with van der Waals surface area (Å²) in [6.07, 6.45) is 6.60. The molecule has 7 nitrogen and oxygen atoms in total. The Morgan fingerprint density at radius 1 is 1.14 bits per heavy atom. The Bertz CT molecular complexity index is 821. The van der Waals surface area contributed by atoms with E-state index in [2.05, 4.69) is 20.6 Å². The van der Waals surface area contributed by atoms with E-state index in [0.29, 0.717) is 38.4 Å². The SMILES string of the molecule is O=C1NCCCCC1NC(=O)C1(Cc2ccccc2)CN(c2ncccn2)C1. The topological polar surface area (TPSA) is 87.2 Å². The van der Waals surface area contributed by atoms with E-state index >= 15 is 0 Å². The van der Waals surface area contributed by atoms with Crippen molar-refractivity contribution >= 4 is 17.8 Å². The molecule has 2 aliphatic heterocycles. The Morgan fingerprint density at radius 3 is 2.64 bits per heavy atom. The lowest BCUT2D eigenvalue weighted by Crippen LogP contribution is -2.66. The molecular formula is C21H25N5O2. The molecule has 0 radical (unpaired) electrons. The van der Waals surface area contributed by atoms with Crippen LogP contribution in [0, 0.1) is 5.41 Å². The van der Waals surface area contributed by atoms with E-state index in [1.807, 2.05) is 35.2 Å². The summed E-state index contributed by atoms with van der Waals surface area (Å²) in [6, 6.07) is 11.3. The molecule has 2 saturated heterocycles. The number of hydrogen-bond acceptors (Lipinski definition) is 5. The van der Waals surface area contributed by atoms with Gasteiger partial charge in [-0.3, -0.25) is 9.59 Å². The number of aromatic nitrogens is 2. The van der Waals surface area contributed by atoms with Crippen LogP contribution in [0.4, 0.5) is 5.95 Å². The molecule has 0 saturated carbocycles. The molecule has 146 valence electrons. The van der Waals surface area contributed by atoms with Gasteiger partial charge in [-0.1, -0.05) is 30.3 Å². The molecule has 1 aromatic carbocycles. The smallest absolute Gasteiger partial charge is 0.242 e. The molecule has 2 aromatic rings. The highest BCUT2D eigenvalue weighted by molar-refractivity contribution is 5.92. The van der Waals surface area contributed by atoms with Gasteiger partial charge in [0.2, 0.25) is 17.8 Å². The number of benzene rings is 1. The summed E-state index contributed by atoms with van der Waals surface area (Å²) >= 11 is 0. The fraction of sp³-hybridized carbons (Fsp3) is 0.429. The average Bonchev–Trinajstić information content (AvgIpc) is 2.90. The Kier molecular flexibility index (Phi) is 5.23. The van der Waals surface area contributed by atoms with Crippen molar-refractivity contribution in [1.29, 1.82) is 0 Å². The zero-order valence-electron chi connectivity index (χ0n) is 15.8. The predicted octanol–water partition coefficient (Wildman–Crippen LogP) is 1.31. The third-order valence-electron chi connectivity index (χ3n) is 5.53. The molecule has 1 atom stereocenters. The molecule has 2 N–H and O–H groups in total. The van der Waals surface area contributed by atoms with Crippen molar-refractivity contribution in [3.05, 3.63) is 54.4 Å². The van der Waals surface area contributed by atoms with Gasteiger partial charge in [0.1, 0.15) is 6.04 Å². The average molecular weight is 379 g/mol. The highest BCUT2D eigenvalue weighted by atomic mass is 16.2. The molecule has 1 aromatic heterocycles. The quantitative estimate of drug-likeness (QED) is 0.818. The maximum absolute atomic E-state index is 13.3. The Labute approximate surface area is 164 Å². The zero-order chi connectivity index (χ0) is 19.4. The molecule has 28 heavy (non-hydrogen) atoms. The van der Waals surface area contributed by atoms with Crippen LogP contribution in [0.5, 0.6) is 0 Å². The van der Waals surface area contributed by atoms with Crippen molar-refractivity contribution in [2.24, 2.45) is 5.41 Å². The number of carbonyl (C=O) groups is 2. The van der Waals surface area contributed by atoms with E-state index in [1.165, 1.54) is 0 Å². The first kappa shape index (κ1) is 18.4. The molecule has 1 unspecified atom stereocenters. The summed E-state index contributed by atoms with van der Waals surface area (Å²) in [6.45, 7) is 1.75. The summed E-state index contributed by atoms with van der Waals surface area (Å²) in [7, 11) is 0. The van der Waals surface area contributed by atoms with Crippen molar-refractivity contribution in [2.45, 2.75) is 31.7 Å². The highest BCUT2D eigenvalue weighted by Crippen LogP contribution is 2.36. The second-order valence-electron chi connectivity index (χ2n) is 7.66. The van der Waals surface area contributed by atoms with Crippen molar-refractivity contribution in [2.75, 3.05) is 24.5 Å². The first-order valence-electron chi connectivity index (χ1n) is 9.81. The zero-order valence-corrected chi connectivity index (χ0v) is 15.8. The first-order valence-corrected chi connectivity index (χ1v) is 9.81.